The van der Waals surface area contributed by atoms with Crippen LogP contribution in [0.25, 0.3) is 21.6 Å². The molecule has 0 spiro atoms. The molecule has 1 heterocycles. The minimum atomic E-state index is -0.928. The maximum absolute atomic E-state index is 11.3. The van der Waals surface area contributed by atoms with Gasteiger partial charge in [0.05, 0.1) is 5.56 Å². The number of carboxylic acids is 1. The number of ether oxygens (including phenoxy) is 1. The highest BCUT2D eigenvalue weighted by atomic mass is 35.5. The van der Waals surface area contributed by atoms with E-state index in [0.29, 0.717) is 11.6 Å². The third-order valence-corrected chi connectivity index (χ3v) is 6.03. The summed E-state index contributed by atoms with van der Waals surface area (Å²) < 4.78 is 6.14. The van der Waals surface area contributed by atoms with Crippen molar-refractivity contribution in [2.45, 2.75) is 13.5 Å². The second kappa shape index (κ2) is 8.74. The molecule has 3 aromatic carbocycles. The fourth-order valence-electron chi connectivity index (χ4n) is 3.36. The van der Waals surface area contributed by atoms with E-state index >= 15 is 0 Å². The maximum atomic E-state index is 11.3. The summed E-state index contributed by atoms with van der Waals surface area (Å²) in [5.41, 5.74) is 5.20. The molecule has 0 aliphatic carbocycles. The van der Waals surface area contributed by atoms with Crippen LogP contribution in [0.1, 0.15) is 21.5 Å². The number of benzene rings is 3. The number of aromatic carboxylic acids is 1. The van der Waals surface area contributed by atoms with Crippen LogP contribution in [0, 0.1) is 6.92 Å². The Morgan fingerprint density at radius 3 is 2.50 bits per heavy atom. The van der Waals surface area contributed by atoms with Gasteiger partial charge in [-0.15, -0.1) is 11.3 Å². The van der Waals surface area contributed by atoms with Crippen molar-refractivity contribution in [2.24, 2.45) is 0 Å². The monoisotopic (exact) mass is 434 g/mol. The molecule has 3 nitrogen and oxygen atoms in total. The standard InChI is InChI=1S/C25H19ClO3S/c1-16-13-18(25(27)28)7-9-20(16)24-21(11-12-30-24)22-14-19(26)8-10-23(22)29-15-17-5-3-2-4-6-17/h2-14H,15H2,1H3,(H,27,28). The molecule has 0 atom stereocenters. The Hall–Kier alpha value is -3.08. The van der Waals surface area contributed by atoms with E-state index in [9.17, 15) is 9.90 Å². The molecule has 0 radical (unpaired) electrons. The quantitative estimate of drug-likeness (QED) is 0.345. The van der Waals surface area contributed by atoms with E-state index in [-0.39, 0.29) is 5.56 Å². The highest BCUT2D eigenvalue weighted by Gasteiger charge is 2.17. The van der Waals surface area contributed by atoms with Crippen LogP contribution in [0.3, 0.4) is 0 Å². The maximum Gasteiger partial charge on any atom is 0.335 e. The number of rotatable bonds is 6. The number of halogens is 1. The summed E-state index contributed by atoms with van der Waals surface area (Å²) in [5.74, 6) is -0.176. The Kier molecular flexibility index (Phi) is 5.88. The molecule has 5 heteroatoms. The van der Waals surface area contributed by atoms with Crippen molar-refractivity contribution in [3.05, 3.63) is 99.9 Å². The van der Waals surface area contributed by atoms with Crippen molar-refractivity contribution >= 4 is 28.9 Å². The molecule has 1 aromatic heterocycles. The van der Waals surface area contributed by atoms with Gasteiger partial charge in [0.15, 0.2) is 0 Å². The van der Waals surface area contributed by atoms with E-state index in [0.717, 1.165) is 38.4 Å². The van der Waals surface area contributed by atoms with Crippen LogP contribution in [0.5, 0.6) is 5.75 Å². The molecule has 0 bridgehead atoms. The SMILES string of the molecule is Cc1cc(C(=O)O)ccc1-c1sccc1-c1cc(Cl)ccc1OCc1ccccc1. The summed E-state index contributed by atoms with van der Waals surface area (Å²) in [4.78, 5) is 12.3. The van der Waals surface area contributed by atoms with Gasteiger partial charge in [0, 0.05) is 21.0 Å². The summed E-state index contributed by atoms with van der Waals surface area (Å²) in [6.45, 7) is 2.39. The van der Waals surface area contributed by atoms with Gasteiger partial charge in [-0.1, -0.05) is 48.0 Å². The van der Waals surface area contributed by atoms with Crippen molar-refractivity contribution in [1.82, 2.24) is 0 Å². The van der Waals surface area contributed by atoms with Gasteiger partial charge in [-0.2, -0.15) is 0 Å². The summed E-state index contributed by atoms with van der Waals surface area (Å²) in [7, 11) is 0. The summed E-state index contributed by atoms with van der Waals surface area (Å²) >= 11 is 7.93. The molecular formula is C25H19ClO3S. The van der Waals surface area contributed by atoms with Crippen LogP contribution in [-0.4, -0.2) is 11.1 Å². The normalized spacial score (nSPS) is 10.7. The van der Waals surface area contributed by atoms with E-state index in [1.807, 2.05) is 73.0 Å². The lowest BCUT2D eigenvalue weighted by molar-refractivity contribution is 0.0697. The van der Waals surface area contributed by atoms with E-state index in [1.54, 1.807) is 23.5 Å². The summed E-state index contributed by atoms with van der Waals surface area (Å²) in [6, 6.07) is 22.9. The van der Waals surface area contributed by atoms with Gasteiger partial charge >= 0.3 is 5.97 Å². The lowest BCUT2D eigenvalue weighted by atomic mass is 9.98. The molecule has 0 saturated heterocycles. The molecule has 0 fully saturated rings. The molecule has 0 amide bonds. The smallest absolute Gasteiger partial charge is 0.335 e. The predicted octanol–water partition coefficient (Wildman–Crippen LogP) is 7.32. The Morgan fingerprint density at radius 2 is 1.77 bits per heavy atom. The van der Waals surface area contributed by atoms with Gasteiger partial charge in [-0.05, 0) is 65.4 Å². The molecule has 4 rings (SSSR count). The van der Waals surface area contributed by atoms with Crippen LogP contribution in [0.4, 0.5) is 0 Å². The number of aryl methyl sites for hydroxylation is 1. The first-order valence-electron chi connectivity index (χ1n) is 9.41. The third kappa shape index (κ3) is 4.25. The molecule has 1 N–H and O–H groups in total. The molecule has 0 unspecified atom stereocenters. The summed E-state index contributed by atoms with van der Waals surface area (Å²) in [5, 5.41) is 11.9. The molecule has 150 valence electrons. The van der Waals surface area contributed by atoms with Crippen LogP contribution >= 0.6 is 22.9 Å². The zero-order valence-electron chi connectivity index (χ0n) is 16.3. The van der Waals surface area contributed by atoms with Gasteiger partial charge in [-0.3, -0.25) is 0 Å². The number of carbonyl (C=O) groups is 1. The molecule has 0 aliphatic rings. The fraction of sp³-hybridized carbons (Fsp3) is 0.0800. The van der Waals surface area contributed by atoms with E-state index in [1.165, 1.54) is 0 Å². The highest BCUT2D eigenvalue weighted by molar-refractivity contribution is 7.14. The second-order valence-corrected chi connectivity index (χ2v) is 8.27. The van der Waals surface area contributed by atoms with Gasteiger partial charge < -0.3 is 9.84 Å². The average molecular weight is 435 g/mol. The molecule has 30 heavy (non-hydrogen) atoms. The summed E-state index contributed by atoms with van der Waals surface area (Å²) in [6.07, 6.45) is 0. The number of carboxylic acid groups (broad SMARTS) is 1. The zero-order chi connectivity index (χ0) is 21.1. The van der Waals surface area contributed by atoms with Crippen LogP contribution < -0.4 is 4.74 Å². The predicted molar refractivity (Wildman–Crippen MR) is 123 cm³/mol. The minimum absolute atomic E-state index is 0.281. The van der Waals surface area contributed by atoms with Crippen LogP contribution in [-0.2, 0) is 6.61 Å². The first-order valence-corrected chi connectivity index (χ1v) is 10.7. The Labute approximate surface area is 184 Å². The van der Waals surface area contributed by atoms with Gasteiger partial charge in [-0.25, -0.2) is 4.79 Å². The van der Waals surface area contributed by atoms with Gasteiger partial charge in [0.1, 0.15) is 12.4 Å². The zero-order valence-corrected chi connectivity index (χ0v) is 17.8. The van der Waals surface area contributed by atoms with Gasteiger partial charge in [0.25, 0.3) is 0 Å². The Balaban J connectivity index is 1.73. The van der Waals surface area contributed by atoms with Crippen molar-refractivity contribution in [3.8, 4) is 27.3 Å². The molecule has 4 aromatic rings. The minimum Gasteiger partial charge on any atom is -0.488 e. The van der Waals surface area contributed by atoms with E-state index in [2.05, 4.69) is 0 Å². The average Bonchev–Trinajstić information content (AvgIpc) is 3.22. The Bertz CT molecular complexity index is 1200. The van der Waals surface area contributed by atoms with Crippen molar-refractivity contribution in [1.29, 1.82) is 0 Å². The van der Waals surface area contributed by atoms with Gasteiger partial charge in [0.2, 0.25) is 0 Å². The number of hydrogen-bond donors (Lipinski definition) is 1. The van der Waals surface area contributed by atoms with Crippen molar-refractivity contribution < 1.29 is 14.6 Å². The lowest BCUT2D eigenvalue weighted by Crippen LogP contribution is -1.98. The third-order valence-electron chi connectivity index (χ3n) is 4.85. The molecule has 0 aliphatic heterocycles. The van der Waals surface area contributed by atoms with Crippen molar-refractivity contribution in [3.63, 3.8) is 0 Å². The topological polar surface area (TPSA) is 46.5 Å². The largest absolute Gasteiger partial charge is 0.488 e. The number of hydrogen-bond acceptors (Lipinski definition) is 3. The Morgan fingerprint density at radius 1 is 0.967 bits per heavy atom. The molecule has 0 saturated carbocycles. The van der Waals surface area contributed by atoms with Crippen molar-refractivity contribution in [2.75, 3.05) is 0 Å². The van der Waals surface area contributed by atoms with E-state index < -0.39 is 5.97 Å². The van der Waals surface area contributed by atoms with E-state index in [4.69, 9.17) is 16.3 Å². The fourth-order valence-corrected chi connectivity index (χ4v) is 4.53. The first kappa shape index (κ1) is 20.2. The highest BCUT2D eigenvalue weighted by Crippen LogP contribution is 2.43. The first-order chi connectivity index (χ1) is 14.5. The van der Waals surface area contributed by atoms with Crippen LogP contribution in [0.2, 0.25) is 5.02 Å². The lowest BCUT2D eigenvalue weighted by Gasteiger charge is -2.14. The van der Waals surface area contributed by atoms with Crippen LogP contribution in [0.15, 0.2) is 78.2 Å². The number of thiophene rings is 1. The molecular weight excluding hydrogens is 416 g/mol. The second-order valence-electron chi connectivity index (χ2n) is 6.91.